The molecule has 4 rings (SSSR count). The lowest BCUT2D eigenvalue weighted by Gasteiger charge is -2.29. The molecule has 1 aliphatic rings. The average Bonchev–Trinajstić information content (AvgIpc) is 3.07. The average molecular weight is 341 g/mol. The number of aromatic amines is 1. The summed E-state index contributed by atoms with van der Waals surface area (Å²) in [6.07, 6.45) is 1.89. The van der Waals surface area contributed by atoms with Gasteiger partial charge in [-0.25, -0.2) is 4.98 Å². The van der Waals surface area contributed by atoms with E-state index in [1.807, 2.05) is 40.8 Å². The van der Waals surface area contributed by atoms with Crippen LogP contribution in [0.25, 0.3) is 21.3 Å². The van der Waals surface area contributed by atoms with E-state index in [2.05, 4.69) is 4.98 Å². The van der Waals surface area contributed by atoms with Crippen molar-refractivity contribution in [1.82, 2.24) is 15.0 Å². The normalized spacial score (nSPS) is 16.7. The summed E-state index contributed by atoms with van der Waals surface area (Å²) < 4.78 is 0. The quantitative estimate of drug-likeness (QED) is 0.793. The van der Waals surface area contributed by atoms with Crippen LogP contribution in [0, 0.1) is 0 Å². The fourth-order valence-corrected chi connectivity index (χ4v) is 4.26. The predicted molar refractivity (Wildman–Crippen MR) is 96.2 cm³/mol. The number of rotatable bonds is 3. The van der Waals surface area contributed by atoms with E-state index in [1.54, 1.807) is 7.11 Å². The zero-order chi connectivity index (χ0) is 16.5. The number of nitrogens with one attached hydrogen (secondary N) is 1. The first-order valence-electron chi connectivity index (χ1n) is 8.12. The van der Waals surface area contributed by atoms with E-state index >= 15 is 0 Å². The van der Waals surface area contributed by atoms with Crippen LogP contribution in [0.1, 0.15) is 24.6 Å². The first-order valence-corrected chi connectivity index (χ1v) is 9.00. The van der Waals surface area contributed by atoms with Gasteiger partial charge in [-0.15, -0.1) is 11.3 Å². The van der Waals surface area contributed by atoms with Crippen LogP contribution < -0.4 is 5.56 Å². The number of fused-ring (bicyclic) bond motifs is 1. The molecule has 6 heteroatoms. The number of hydrogen-bond donors (Lipinski definition) is 1. The van der Waals surface area contributed by atoms with Crippen molar-refractivity contribution in [2.24, 2.45) is 0 Å². The molecule has 1 N–H and O–H groups in total. The Bertz CT molecular complexity index is 896. The van der Waals surface area contributed by atoms with Gasteiger partial charge in [0.15, 0.2) is 0 Å². The van der Waals surface area contributed by atoms with Gasteiger partial charge in [-0.05, 0) is 18.4 Å². The fraction of sp³-hybridized carbons (Fsp3) is 0.333. The first-order chi connectivity index (χ1) is 11.8. The number of hydrogen-bond acceptors (Lipinski definition) is 5. The molecule has 0 spiro atoms. The number of hydroxylamine groups is 2. The molecule has 3 aromatic rings. The second-order valence-electron chi connectivity index (χ2n) is 6.03. The highest BCUT2D eigenvalue weighted by atomic mass is 32.1. The molecule has 0 unspecified atom stereocenters. The Hall–Kier alpha value is -2.02. The molecule has 1 aromatic carbocycles. The molecule has 24 heavy (non-hydrogen) atoms. The van der Waals surface area contributed by atoms with Crippen molar-refractivity contribution >= 4 is 21.6 Å². The Morgan fingerprint density at radius 3 is 2.71 bits per heavy atom. The van der Waals surface area contributed by atoms with Crippen molar-refractivity contribution in [3.63, 3.8) is 0 Å². The van der Waals surface area contributed by atoms with Crippen LogP contribution in [-0.2, 0) is 4.84 Å². The third kappa shape index (κ3) is 2.77. The summed E-state index contributed by atoms with van der Waals surface area (Å²) in [4.78, 5) is 26.6. The lowest BCUT2D eigenvalue weighted by Crippen LogP contribution is -2.33. The van der Waals surface area contributed by atoms with E-state index in [0.29, 0.717) is 5.39 Å². The summed E-state index contributed by atoms with van der Waals surface area (Å²) in [5, 5.41) is 4.68. The number of aromatic nitrogens is 2. The Morgan fingerprint density at radius 2 is 2.00 bits per heavy atom. The highest BCUT2D eigenvalue weighted by molar-refractivity contribution is 7.17. The van der Waals surface area contributed by atoms with Gasteiger partial charge in [-0.2, -0.15) is 5.06 Å². The van der Waals surface area contributed by atoms with Crippen molar-refractivity contribution < 1.29 is 4.84 Å². The van der Waals surface area contributed by atoms with Crippen LogP contribution in [0.15, 0.2) is 40.5 Å². The van der Waals surface area contributed by atoms with Crippen molar-refractivity contribution in [3.05, 3.63) is 51.9 Å². The highest BCUT2D eigenvalue weighted by Gasteiger charge is 2.23. The summed E-state index contributed by atoms with van der Waals surface area (Å²) in [6.45, 7) is 1.73. The minimum absolute atomic E-state index is 0.0377. The SMILES string of the molecule is CON1CCC(c2nc3scc(-c4ccccc4)c3c(=O)[nH]2)CC1. The largest absolute Gasteiger partial charge is 0.310 e. The zero-order valence-corrected chi connectivity index (χ0v) is 14.3. The lowest BCUT2D eigenvalue weighted by molar-refractivity contribution is -0.144. The van der Waals surface area contributed by atoms with E-state index in [1.165, 1.54) is 11.3 Å². The molecule has 1 saturated heterocycles. The van der Waals surface area contributed by atoms with E-state index in [0.717, 1.165) is 47.7 Å². The van der Waals surface area contributed by atoms with Gasteiger partial charge in [0.05, 0.1) is 12.5 Å². The Kier molecular flexibility index (Phi) is 4.18. The van der Waals surface area contributed by atoms with Crippen LogP contribution >= 0.6 is 11.3 Å². The van der Waals surface area contributed by atoms with Crippen molar-refractivity contribution in [1.29, 1.82) is 0 Å². The summed E-state index contributed by atoms with van der Waals surface area (Å²) >= 11 is 1.54. The van der Waals surface area contributed by atoms with Crippen molar-refractivity contribution in [2.75, 3.05) is 20.2 Å². The molecule has 0 atom stereocenters. The van der Waals surface area contributed by atoms with Crippen LogP contribution in [-0.4, -0.2) is 35.2 Å². The molecule has 0 bridgehead atoms. The third-order valence-electron chi connectivity index (χ3n) is 4.65. The molecule has 1 aliphatic heterocycles. The standard InChI is InChI=1S/C18H19N3O2S/c1-23-21-9-7-13(8-10-21)16-19-17(22)15-14(11-24-18(15)20-16)12-5-3-2-4-6-12/h2-6,11,13H,7-10H2,1H3,(H,19,20,22). The van der Waals surface area contributed by atoms with Gasteiger partial charge >= 0.3 is 0 Å². The Morgan fingerprint density at radius 1 is 1.25 bits per heavy atom. The lowest BCUT2D eigenvalue weighted by atomic mass is 9.97. The van der Waals surface area contributed by atoms with E-state index in [-0.39, 0.29) is 11.5 Å². The molecule has 0 aliphatic carbocycles. The molecular formula is C18H19N3O2S. The number of benzene rings is 1. The maximum atomic E-state index is 12.7. The van der Waals surface area contributed by atoms with Gasteiger partial charge < -0.3 is 9.82 Å². The van der Waals surface area contributed by atoms with Crippen molar-refractivity contribution in [3.8, 4) is 11.1 Å². The monoisotopic (exact) mass is 341 g/mol. The van der Waals surface area contributed by atoms with Crippen LogP contribution in [0.3, 0.4) is 0 Å². The Balaban J connectivity index is 1.71. The van der Waals surface area contributed by atoms with Crippen LogP contribution in [0.4, 0.5) is 0 Å². The maximum Gasteiger partial charge on any atom is 0.260 e. The number of thiophene rings is 1. The summed E-state index contributed by atoms with van der Waals surface area (Å²) in [5.74, 6) is 1.10. The third-order valence-corrected chi connectivity index (χ3v) is 5.52. The summed E-state index contributed by atoms with van der Waals surface area (Å²) in [7, 11) is 1.70. The molecule has 1 fully saturated rings. The van der Waals surface area contributed by atoms with E-state index in [9.17, 15) is 4.79 Å². The molecular weight excluding hydrogens is 322 g/mol. The van der Waals surface area contributed by atoms with Gasteiger partial charge in [0.2, 0.25) is 0 Å². The van der Waals surface area contributed by atoms with Crippen LogP contribution in [0.2, 0.25) is 0 Å². The van der Waals surface area contributed by atoms with Gasteiger partial charge in [0.1, 0.15) is 10.7 Å². The fourth-order valence-electron chi connectivity index (χ4n) is 3.30. The maximum absolute atomic E-state index is 12.7. The topological polar surface area (TPSA) is 58.2 Å². The second-order valence-corrected chi connectivity index (χ2v) is 6.89. The minimum atomic E-state index is -0.0377. The molecule has 0 saturated carbocycles. The zero-order valence-electron chi connectivity index (χ0n) is 13.5. The Labute approximate surface area is 143 Å². The molecule has 3 heterocycles. The highest BCUT2D eigenvalue weighted by Crippen LogP contribution is 2.32. The summed E-state index contributed by atoms with van der Waals surface area (Å²) in [5.41, 5.74) is 1.98. The van der Waals surface area contributed by atoms with Gasteiger partial charge in [0, 0.05) is 30.0 Å². The molecule has 2 aromatic heterocycles. The van der Waals surface area contributed by atoms with Gasteiger partial charge in [0.25, 0.3) is 5.56 Å². The number of nitrogens with zero attached hydrogens (tertiary/aromatic N) is 2. The minimum Gasteiger partial charge on any atom is -0.310 e. The number of piperidine rings is 1. The van der Waals surface area contributed by atoms with Gasteiger partial charge in [-0.1, -0.05) is 30.3 Å². The number of H-pyrrole nitrogens is 1. The van der Waals surface area contributed by atoms with Crippen LogP contribution in [0.5, 0.6) is 0 Å². The second kappa shape index (κ2) is 6.47. The van der Waals surface area contributed by atoms with E-state index < -0.39 is 0 Å². The smallest absolute Gasteiger partial charge is 0.260 e. The molecule has 0 amide bonds. The van der Waals surface area contributed by atoms with E-state index in [4.69, 9.17) is 9.82 Å². The molecule has 5 nitrogen and oxygen atoms in total. The first kappa shape index (κ1) is 15.5. The summed E-state index contributed by atoms with van der Waals surface area (Å²) in [6, 6.07) is 9.99. The van der Waals surface area contributed by atoms with Gasteiger partial charge in [-0.3, -0.25) is 4.79 Å². The molecule has 124 valence electrons. The van der Waals surface area contributed by atoms with Crippen molar-refractivity contribution in [2.45, 2.75) is 18.8 Å². The molecule has 0 radical (unpaired) electrons. The predicted octanol–water partition coefficient (Wildman–Crippen LogP) is 3.39.